The van der Waals surface area contributed by atoms with Gasteiger partial charge in [0.1, 0.15) is 0 Å². The topological polar surface area (TPSA) is 104 Å². The molecule has 0 radical (unpaired) electrons. The van der Waals surface area contributed by atoms with Crippen molar-refractivity contribution in [2.75, 3.05) is 6.61 Å². The van der Waals surface area contributed by atoms with Crippen LogP contribution in [0.15, 0.2) is 26.8 Å². The maximum absolute atomic E-state index is 10.2. The molecule has 0 unspecified atom stereocenters. The molecular formula is C8H11N3O4S2. The molecule has 1 amide bonds. The lowest BCUT2D eigenvalue weighted by molar-refractivity contribution is 0.164. The van der Waals surface area contributed by atoms with E-state index in [9.17, 15) is 14.4 Å². The molecule has 1 rings (SSSR count). The summed E-state index contributed by atoms with van der Waals surface area (Å²) in [5.41, 5.74) is -0.855. The lowest BCUT2D eigenvalue weighted by atomic mass is 10.7. The Balaban J connectivity index is 0. The van der Waals surface area contributed by atoms with E-state index in [0.717, 1.165) is 0 Å². The predicted octanol–water partition coefficient (Wildman–Crippen LogP) is 0.422. The molecule has 17 heavy (non-hydrogen) atoms. The van der Waals surface area contributed by atoms with Crippen LogP contribution in [-0.2, 0) is 4.74 Å². The number of ether oxygens (including phenoxy) is 1. The van der Waals surface area contributed by atoms with Gasteiger partial charge in [-0.2, -0.15) is 13.5 Å². The minimum absolute atomic E-state index is 0. The number of aromatic amines is 2. The minimum Gasteiger partial charge on any atom is -0.448 e. The van der Waals surface area contributed by atoms with Crippen molar-refractivity contribution in [2.24, 2.45) is 4.99 Å². The summed E-state index contributed by atoms with van der Waals surface area (Å²) in [6.07, 6.45) is 0.615. The Bertz CT molecular complexity index is 465. The quantitative estimate of drug-likeness (QED) is 0.572. The molecule has 7 nitrogen and oxygen atoms in total. The van der Waals surface area contributed by atoms with Crippen LogP contribution < -0.4 is 11.2 Å². The molecule has 9 heteroatoms. The molecule has 0 fully saturated rings. The van der Waals surface area contributed by atoms with E-state index in [0.29, 0.717) is 6.61 Å². The van der Waals surface area contributed by atoms with E-state index >= 15 is 0 Å². The second kappa shape index (κ2) is 10.8. The largest absolute Gasteiger partial charge is 0.448 e. The van der Waals surface area contributed by atoms with Crippen molar-refractivity contribution >= 4 is 37.0 Å². The van der Waals surface area contributed by atoms with Crippen molar-refractivity contribution < 1.29 is 9.53 Å². The van der Waals surface area contributed by atoms with Gasteiger partial charge in [-0.05, 0) is 19.1 Å². The number of nitrogens with zero attached hydrogens (tertiary/aromatic N) is 1. The Kier molecular flexibility index (Phi) is 11.2. The fourth-order valence-electron chi connectivity index (χ4n) is 0.576. The van der Waals surface area contributed by atoms with Gasteiger partial charge in [-0.3, -0.25) is 9.78 Å². The van der Waals surface area contributed by atoms with Gasteiger partial charge in [-0.1, -0.05) is 0 Å². The summed E-state index contributed by atoms with van der Waals surface area (Å²) in [5.74, 6) is 0. The van der Waals surface area contributed by atoms with E-state index in [1.165, 1.54) is 12.3 Å². The molecule has 0 bridgehead atoms. The molecule has 0 aliphatic heterocycles. The first-order valence-corrected chi connectivity index (χ1v) is 4.53. The maximum atomic E-state index is 10.2. The monoisotopic (exact) mass is 277 g/mol. The average molecular weight is 277 g/mol. The Morgan fingerprint density at radius 2 is 2.24 bits per heavy atom. The molecule has 94 valence electrons. The lowest BCUT2D eigenvalue weighted by Gasteiger charge is -1.88. The number of nitrogens with one attached hydrogen (secondary N) is 2. The molecule has 1 aromatic heterocycles. The summed E-state index contributed by atoms with van der Waals surface area (Å²) in [6, 6.07) is 1.24. The van der Waals surface area contributed by atoms with E-state index in [-0.39, 0.29) is 19.1 Å². The molecule has 1 heterocycles. The lowest BCUT2D eigenvalue weighted by Crippen LogP contribution is -2.19. The molecule has 0 atom stereocenters. The first kappa shape index (κ1) is 17.7. The number of thiocarbonyl (C=S) groups is 1. The Morgan fingerprint density at radius 1 is 1.59 bits per heavy atom. The molecular weight excluding hydrogens is 266 g/mol. The zero-order valence-corrected chi connectivity index (χ0v) is 10.7. The number of hydrogen-bond donors (Lipinski definition) is 2. The van der Waals surface area contributed by atoms with Crippen LogP contribution in [0.3, 0.4) is 0 Å². The van der Waals surface area contributed by atoms with Crippen LogP contribution in [0.5, 0.6) is 0 Å². The van der Waals surface area contributed by atoms with Gasteiger partial charge in [0, 0.05) is 12.3 Å². The summed E-state index contributed by atoms with van der Waals surface area (Å²) in [4.78, 5) is 37.8. The molecule has 0 spiro atoms. The Labute approximate surface area is 108 Å². The van der Waals surface area contributed by atoms with E-state index in [1.807, 2.05) is 10.1 Å². The first-order valence-electron chi connectivity index (χ1n) is 4.12. The third-order valence-corrected chi connectivity index (χ3v) is 1.18. The predicted molar refractivity (Wildman–Crippen MR) is 70.1 cm³/mol. The van der Waals surface area contributed by atoms with Crippen LogP contribution in [0.1, 0.15) is 6.92 Å². The van der Waals surface area contributed by atoms with E-state index in [2.05, 4.69) is 26.9 Å². The van der Waals surface area contributed by atoms with Gasteiger partial charge < -0.3 is 9.72 Å². The van der Waals surface area contributed by atoms with Crippen molar-refractivity contribution in [3.63, 3.8) is 0 Å². The highest BCUT2D eigenvalue weighted by atomic mass is 32.1. The number of carbonyl (C=O) groups excluding carboxylic acids is 1. The maximum Gasteiger partial charge on any atom is 0.442 e. The van der Waals surface area contributed by atoms with Gasteiger partial charge in [0.25, 0.3) is 5.56 Å². The van der Waals surface area contributed by atoms with Crippen molar-refractivity contribution in [3.8, 4) is 0 Å². The van der Waals surface area contributed by atoms with Gasteiger partial charge in [0.15, 0.2) is 0 Å². The highest BCUT2D eigenvalue weighted by Gasteiger charge is 1.90. The summed E-state index contributed by atoms with van der Waals surface area (Å²) in [7, 11) is 0. The number of amides is 1. The van der Waals surface area contributed by atoms with Crippen molar-refractivity contribution in [1.29, 1.82) is 0 Å². The molecule has 0 saturated heterocycles. The van der Waals surface area contributed by atoms with Gasteiger partial charge in [-0.15, -0.1) is 4.99 Å². The SMILES string of the molecule is CCOC(=O)N=C=S.O=c1cc[nH]c(=O)[nH]1.S. The molecule has 0 saturated carbocycles. The van der Waals surface area contributed by atoms with Crippen LogP contribution >= 0.6 is 25.7 Å². The van der Waals surface area contributed by atoms with Gasteiger partial charge in [-0.25, -0.2) is 9.59 Å². The third-order valence-electron chi connectivity index (χ3n) is 1.09. The molecule has 2 N–H and O–H groups in total. The van der Waals surface area contributed by atoms with Gasteiger partial charge >= 0.3 is 11.8 Å². The van der Waals surface area contributed by atoms with Crippen LogP contribution in [-0.4, -0.2) is 27.8 Å². The molecule has 0 aromatic carbocycles. The highest BCUT2D eigenvalue weighted by Crippen LogP contribution is 1.78. The fourth-order valence-corrected chi connectivity index (χ4v) is 0.650. The summed E-state index contributed by atoms with van der Waals surface area (Å²) in [6.45, 7) is 2.01. The van der Waals surface area contributed by atoms with Crippen molar-refractivity contribution in [3.05, 3.63) is 33.1 Å². The van der Waals surface area contributed by atoms with E-state index < -0.39 is 11.8 Å². The number of aliphatic imine (C=N–C) groups is 1. The summed E-state index contributed by atoms with van der Waals surface area (Å²) < 4.78 is 4.35. The molecule has 0 aliphatic carbocycles. The highest BCUT2D eigenvalue weighted by molar-refractivity contribution is 7.78. The second-order valence-corrected chi connectivity index (χ2v) is 2.38. The van der Waals surface area contributed by atoms with Gasteiger partial charge in [0.05, 0.1) is 11.8 Å². The second-order valence-electron chi connectivity index (χ2n) is 2.20. The van der Waals surface area contributed by atoms with Crippen molar-refractivity contribution in [2.45, 2.75) is 6.92 Å². The number of rotatable bonds is 1. The average Bonchev–Trinajstić information content (AvgIpc) is 2.18. The number of isothiocyanates is 1. The van der Waals surface area contributed by atoms with Crippen LogP contribution in [0, 0.1) is 0 Å². The van der Waals surface area contributed by atoms with Crippen LogP contribution in [0.4, 0.5) is 4.79 Å². The fraction of sp³-hybridized carbons (Fsp3) is 0.250. The first-order chi connectivity index (χ1) is 7.60. The summed E-state index contributed by atoms with van der Waals surface area (Å²) in [5, 5.41) is 1.89. The van der Waals surface area contributed by atoms with E-state index in [1.54, 1.807) is 6.92 Å². The van der Waals surface area contributed by atoms with Crippen molar-refractivity contribution in [1.82, 2.24) is 9.97 Å². The smallest absolute Gasteiger partial charge is 0.442 e. The molecule has 0 aliphatic rings. The normalized spacial score (nSPS) is 7.59. The number of H-pyrrole nitrogens is 2. The number of hydrogen-bond acceptors (Lipinski definition) is 5. The van der Waals surface area contributed by atoms with Gasteiger partial charge in [0.2, 0.25) is 0 Å². The number of aromatic nitrogens is 2. The standard InChI is InChI=1S/C4H4N2O2.C4H5NO2S.H2S/c7-3-1-2-5-4(8)6-3;1-2-7-4(6)5-3-8;/h1-2H,(H2,5,6,7,8);2H2,1H3;1H2. The zero-order valence-electron chi connectivity index (χ0n) is 8.85. The Hall–Kier alpha value is -1.70. The summed E-state index contributed by atoms with van der Waals surface area (Å²) >= 11 is 4.12. The number of carbonyl (C=O) groups is 1. The molecule has 1 aromatic rings. The van der Waals surface area contributed by atoms with Crippen LogP contribution in [0.2, 0.25) is 0 Å². The zero-order chi connectivity index (χ0) is 12.4. The minimum atomic E-state index is -0.678. The van der Waals surface area contributed by atoms with E-state index in [4.69, 9.17) is 0 Å². The Morgan fingerprint density at radius 3 is 2.59 bits per heavy atom. The van der Waals surface area contributed by atoms with Crippen LogP contribution in [0.25, 0.3) is 0 Å². The third kappa shape index (κ3) is 10.6.